The lowest BCUT2D eigenvalue weighted by atomic mass is 9.95. The molecule has 2 aromatic carbocycles. The first-order valence-electron chi connectivity index (χ1n) is 9.59. The number of urea groups is 1. The van der Waals surface area contributed by atoms with Gasteiger partial charge >= 0.3 is 6.03 Å². The van der Waals surface area contributed by atoms with Crippen molar-refractivity contribution in [3.8, 4) is 5.75 Å². The van der Waals surface area contributed by atoms with Crippen molar-refractivity contribution in [3.05, 3.63) is 64.5 Å². The Morgan fingerprint density at radius 3 is 2.96 bits per heavy atom. The minimum absolute atomic E-state index is 0.0422. The Labute approximate surface area is 169 Å². The first-order chi connectivity index (χ1) is 13.6. The molecule has 4 rings (SSSR count). The number of nitrogens with zero attached hydrogens (tertiary/aromatic N) is 1. The number of hydrogen-bond donors (Lipinski definition) is 3. The van der Waals surface area contributed by atoms with Crippen molar-refractivity contribution >= 4 is 27.5 Å². The molecule has 5 nitrogen and oxygen atoms in total. The van der Waals surface area contributed by atoms with E-state index in [9.17, 15) is 9.90 Å². The number of nitrogens with one attached hydrogen (secondary N) is 2. The number of carbonyl (C=O) groups is 1. The van der Waals surface area contributed by atoms with Crippen LogP contribution in [-0.4, -0.2) is 42.2 Å². The second kappa shape index (κ2) is 8.20. The molecule has 0 spiro atoms. The maximum atomic E-state index is 12.4. The Balaban J connectivity index is 1.25. The van der Waals surface area contributed by atoms with E-state index in [1.807, 2.05) is 19.2 Å². The molecule has 1 aliphatic rings. The third kappa shape index (κ3) is 4.29. The van der Waals surface area contributed by atoms with E-state index in [2.05, 4.69) is 41.0 Å². The topological polar surface area (TPSA) is 64.6 Å². The highest BCUT2D eigenvalue weighted by atomic mass is 32.1. The number of fused-ring (bicyclic) bond motifs is 2. The van der Waals surface area contributed by atoms with E-state index in [1.165, 1.54) is 20.5 Å². The number of amides is 2. The number of likely N-dealkylation sites (N-methyl/N-ethyl adjacent to an activating group) is 1. The van der Waals surface area contributed by atoms with Crippen molar-refractivity contribution in [1.82, 2.24) is 15.5 Å². The van der Waals surface area contributed by atoms with Crippen LogP contribution >= 0.6 is 11.3 Å². The van der Waals surface area contributed by atoms with Crippen molar-refractivity contribution in [3.63, 3.8) is 0 Å². The minimum atomic E-state index is -0.0422. The van der Waals surface area contributed by atoms with E-state index in [1.54, 1.807) is 22.3 Å². The van der Waals surface area contributed by atoms with E-state index in [-0.39, 0.29) is 12.1 Å². The first-order valence-corrected chi connectivity index (χ1v) is 10.4. The molecule has 1 aliphatic heterocycles. The minimum Gasteiger partial charge on any atom is -0.508 e. The fraction of sp³-hybridized carbons (Fsp3) is 0.318. The molecule has 1 atom stereocenters. The second-order valence-electron chi connectivity index (χ2n) is 7.35. The summed E-state index contributed by atoms with van der Waals surface area (Å²) in [5.41, 5.74) is 2.37. The zero-order chi connectivity index (χ0) is 19.5. The lowest BCUT2D eigenvalue weighted by molar-refractivity contribution is 0.202. The molecule has 0 radical (unpaired) electrons. The molecule has 0 bridgehead atoms. The lowest BCUT2D eigenvalue weighted by Gasteiger charge is -2.30. The van der Waals surface area contributed by atoms with Gasteiger partial charge in [0.1, 0.15) is 5.75 Å². The highest BCUT2D eigenvalue weighted by molar-refractivity contribution is 7.19. The van der Waals surface area contributed by atoms with E-state index in [0.29, 0.717) is 18.8 Å². The Kier molecular flexibility index (Phi) is 5.50. The van der Waals surface area contributed by atoms with Gasteiger partial charge in [0.25, 0.3) is 0 Å². The summed E-state index contributed by atoms with van der Waals surface area (Å²) in [6.45, 7) is 2.00. The van der Waals surface area contributed by atoms with Gasteiger partial charge in [0, 0.05) is 42.3 Å². The zero-order valence-corrected chi connectivity index (χ0v) is 16.8. The molecule has 3 aromatic rings. The third-order valence-corrected chi connectivity index (χ3v) is 6.38. The predicted octanol–water partition coefficient (Wildman–Crippen LogP) is 3.51. The van der Waals surface area contributed by atoms with Crippen LogP contribution in [0.1, 0.15) is 16.0 Å². The smallest absolute Gasteiger partial charge is 0.317 e. The molecule has 0 saturated carbocycles. The zero-order valence-electron chi connectivity index (χ0n) is 15.9. The number of phenolic OH excluding ortho intramolecular Hbond substituents is 1. The predicted molar refractivity (Wildman–Crippen MR) is 114 cm³/mol. The van der Waals surface area contributed by atoms with Crippen LogP contribution in [0.5, 0.6) is 5.75 Å². The summed E-state index contributed by atoms with van der Waals surface area (Å²) in [6, 6.07) is 16.3. The van der Waals surface area contributed by atoms with Crippen LogP contribution in [0.2, 0.25) is 0 Å². The fourth-order valence-corrected chi connectivity index (χ4v) is 4.76. The summed E-state index contributed by atoms with van der Waals surface area (Å²) < 4.78 is 1.29. The molecule has 3 N–H and O–H groups in total. The molecule has 2 amide bonds. The van der Waals surface area contributed by atoms with E-state index < -0.39 is 0 Å². The van der Waals surface area contributed by atoms with Crippen molar-refractivity contribution in [2.75, 3.05) is 20.1 Å². The van der Waals surface area contributed by atoms with Gasteiger partial charge in [0.05, 0.1) is 0 Å². The van der Waals surface area contributed by atoms with Gasteiger partial charge in [-0.2, -0.15) is 0 Å². The van der Waals surface area contributed by atoms with Crippen molar-refractivity contribution < 1.29 is 9.90 Å². The molecule has 1 aromatic heterocycles. The van der Waals surface area contributed by atoms with E-state index >= 15 is 0 Å². The molecule has 2 heterocycles. The van der Waals surface area contributed by atoms with Crippen LogP contribution in [0.25, 0.3) is 10.1 Å². The monoisotopic (exact) mass is 395 g/mol. The summed E-state index contributed by atoms with van der Waals surface area (Å²) in [7, 11) is 1.84. The number of thiophene rings is 1. The number of aromatic hydroxyl groups is 1. The Morgan fingerprint density at radius 1 is 1.25 bits per heavy atom. The largest absolute Gasteiger partial charge is 0.508 e. The van der Waals surface area contributed by atoms with Gasteiger partial charge in [-0.05, 0) is 53.6 Å². The van der Waals surface area contributed by atoms with Crippen LogP contribution in [0.4, 0.5) is 4.79 Å². The third-order valence-electron chi connectivity index (χ3n) is 5.20. The van der Waals surface area contributed by atoms with Crippen LogP contribution in [-0.2, 0) is 19.4 Å². The SMILES string of the molecule is CN(CC1Cc2ccc(O)cc2CN1)C(=O)NCCc1cc2ccccc2s1. The molecular weight excluding hydrogens is 370 g/mol. The molecule has 1 unspecified atom stereocenters. The summed E-state index contributed by atoms with van der Waals surface area (Å²) in [4.78, 5) is 15.5. The summed E-state index contributed by atoms with van der Waals surface area (Å²) >= 11 is 1.79. The van der Waals surface area contributed by atoms with Gasteiger partial charge in [0.15, 0.2) is 0 Å². The van der Waals surface area contributed by atoms with Crippen molar-refractivity contribution in [2.24, 2.45) is 0 Å². The van der Waals surface area contributed by atoms with Crippen LogP contribution in [0, 0.1) is 0 Å². The number of hydrogen-bond acceptors (Lipinski definition) is 4. The quantitative estimate of drug-likeness (QED) is 0.619. The summed E-state index contributed by atoms with van der Waals surface area (Å²) in [5.74, 6) is 0.300. The number of phenols is 1. The molecule has 0 aliphatic carbocycles. The highest BCUT2D eigenvalue weighted by Crippen LogP contribution is 2.25. The number of benzene rings is 2. The Bertz CT molecular complexity index is 952. The van der Waals surface area contributed by atoms with E-state index in [0.717, 1.165) is 24.9 Å². The summed E-state index contributed by atoms with van der Waals surface area (Å²) in [6.07, 6.45) is 1.70. The average Bonchev–Trinajstić information content (AvgIpc) is 3.10. The standard InChI is InChI=1S/C22H25N3O2S/c1-25(14-18-10-15-6-7-19(26)11-17(15)13-24-18)22(27)23-9-8-20-12-16-4-2-3-5-21(16)28-20/h2-7,11-12,18,24,26H,8-10,13-14H2,1H3,(H,23,27). The van der Waals surface area contributed by atoms with E-state index in [4.69, 9.17) is 0 Å². The Hall–Kier alpha value is -2.57. The Morgan fingerprint density at radius 2 is 2.11 bits per heavy atom. The van der Waals surface area contributed by atoms with Gasteiger partial charge < -0.3 is 20.6 Å². The lowest BCUT2D eigenvalue weighted by Crippen LogP contribution is -2.48. The highest BCUT2D eigenvalue weighted by Gasteiger charge is 2.21. The summed E-state index contributed by atoms with van der Waals surface area (Å²) in [5, 5.41) is 17.3. The average molecular weight is 396 g/mol. The normalized spacial score (nSPS) is 16.0. The molecule has 0 fully saturated rings. The van der Waals surface area contributed by atoms with Gasteiger partial charge in [-0.1, -0.05) is 24.3 Å². The maximum Gasteiger partial charge on any atom is 0.317 e. The maximum absolute atomic E-state index is 12.4. The van der Waals surface area contributed by atoms with Gasteiger partial charge in [0.2, 0.25) is 0 Å². The number of carbonyl (C=O) groups excluding carboxylic acids is 1. The van der Waals surface area contributed by atoms with Crippen molar-refractivity contribution in [1.29, 1.82) is 0 Å². The molecular formula is C22H25N3O2S. The van der Waals surface area contributed by atoms with Gasteiger partial charge in [-0.3, -0.25) is 0 Å². The molecule has 0 saturated heterocycles. The molecule has 28 heavy (non-hydrogen) atoms. The molecule has 146 valence electrons. The van der Waals surface area contributed by atoms with Crippen LogP contribution < -0.4 is 10.6 Å². The van der Waals surface area contributed by atoms with Crippen LogP contribution in [0.3, 0.4) is 0 Å². The van der Waals surface area contributed by atoms with Gasteiger partial charge in [-0.25, -0.2) is 4.79 Å². The number of rotatable bonds is 5. The molecule has 6 heteroatoms. The second-order valence-corrected chi connectivity index (χ2v) is 8.52. The fourth-order valence-electron chi connectivity index (χ4n) is 3.70. The van der Waals surface area contributed by atoms with Crippen LogP contribution in [0.15, 0.2) is 48.5 Å². The van der Waals surface area contributed by atoms with Gasteiger partial charge in [-0.15, -0.1) is 11.3 Å². The van der Waals surface area contributed by atoms with Crippen molar-refractivity contribution in [2.45, 2.75) is 25.4 Å². The first kappa shape index (κ1) is 18.8.